The molecule has 2 aromatic rings. The van der Waals surface area contributed by atoms with E-state index in [4.69, 9.17) is 9.47 Å². The molecule has 0 aliphatic rings. The zero-order valence-corrected chi connectivity index (χ0v) is 15.1. The average molecular weight is 354 g/mol. The molecule has 0 saturated heterocycles. The van der Waals surface area contributed by atoms with E-state index in [1.54, 1.807) is 24.3 Å². The van der Waals surface area contributed by atoms with Crippen LogP contribution >= 0.6 is 0 Å². The largest absolute Gasteiger partial charge is 0.469 e. The van der Waals surface area contributed by atoms with Gasteiger partial charge in [-0.25, -0.2) is 4.79 Å². The number of hydrogen-bond donors (Lipinski definition) is 0. The standard InChI is InChI=1S/C21H22O5/c1-14(22)13-18(15-7-5-4-6-8-15)19(21(24)26-3)16-9-11-17(12-10-16)20(23)25-2/h4-12,18-19H,13H2,1-3H3/t18-,19+/m0/s1. The third-order valence-corrected chi connectivity index (χ3v) is 4.28. The van der Waals surface area contributed by atoms with Gasteiger partial charge >= 0.3 is 11.9 Å². The van der Waals surface area contributed by atoms with Gasteiger partial charge in [0.1, 0.15) is 5.78 Å². The second-order valence-electron chi connectivity index (χ2n) is 6.04. The molecule has 5 nitrogen and oxygen atoms in total. The minimum atomic E-state index is -0.655. The molecule has 136 valence electrons. The minimum absolute atomic E-state index is 0.0149. The SMILES string of the molecule is COC(=O)c1ccc([C@@H](C(=O)OC)[C@@H](CC(C)=O)c2ccccc2)cc1. The highest BCUT2D eigenvalue weighted by Crippen LogP contribution is 2.37. The van der Waals surface area contributed by atoms with Crippen molar-refractivity contribution in [3.8, 4) is 0 Å². The fourth-order valence-electron chi connectivity index (χ4n) is 3.04. The zero-order valence-electron chi connectivity index (χ0n) is 15.1. The number of esters is 2. The van der Waals surface area contributed by atoms with Gasteiger partial charge in [0.15, 0.2) is 0 Å². The molecule has 0 radical (unpaired) electrons. The Balaban J connectivity index is 2.48. The number of methoxy groups -OCH3 is 2. The highest BCUT2D eigenvalue weighted by molar-refractivity contribution is 5.89. The second kappa shape index (κ2) is 8.94. The van der Waals surface area contributed by atoms with Crippen LogP contribution in [-0.4, -0.2) is 31.9 Å². The van der Waals surface area contributed by atoms with Crippen molar-refractivity contribution < 1.29 is 23.9 Å². The van der Waals surface area contributed by atoms with Crippen LogP contribution in [0.1, 0.15) is 46.7 Å². The molecule has 5 heteroatoms. The highest BCUT2D eigenvalue weighted by atomic mass is 16.5. The molecule has 2 aromatic carbocycles. The van der Waals surface area contributed by atoms with E-state index in [0.29, 0.717) is 11.1 Å². The number of carbonyl (C=O) groups is 3. The molecule has 0 spiro atoms. The van der Waals surface area contributed by atoms with Crippen molar-refractivity contribution >= 4 is 17.7 Å². The van der Waals surface area contributed by atoms with Gasteiger partial charge in [0.05, 0.1) is 25.7 Å². The quantitative estimate of drug-likeness (QED) is 0.712. The minimum Gasteiger partial charge on any atom is -0.469 e. The summed E-state index contributed by atoms with van der Waals surface area (Å²) in [4.78, 5) is 36.0. The number of rotatable bonds is 7. The van der Waals surface area contributed by atoms with E-state index in [1.807, 2.05) is 30.3 Å². The molecule has 0 saturated carbocycles. The molecule has 2 atom stereocenters. The lowest BCUT2D eigenvalue weighted by molar-refractivity contribution is -0.143. The molecule has 0 N–H and O–H groups in total. The first-order valence-electron chi connectivity index (χ1n) is 8.28. The summed E-state index contributed by atoms with van der Waals surface area (Å²) in [6.07, 6.45) is 0.211. The fourth-order valence-corrected chi connectivity index (χ4v) is 3.04. The van der Waals surface area contributed by atoms with Crippen molar-refractivity contribution in [3.05, 3.63) is 71.3 Å². The lowest BCUT2D eigenvalue weighted by Crippen LogP contribution is -2.23. The van der Waals surface area contributed by atoms with Gasteiger partial charge in [0.2, 0.25) is 0 Å². The summed E-state index contributed by atoms with van der Waals surface area (Å²) in [6.45, 7) is 1.50. The van der Waals surface area contributed by atoms with Gasteiger partial charge in [-0.1, -0.05) is 42.5 Å². The number of carbonyl (C=O) groups excluding carboxylic acids is 3. The van der Waals surface area contributed by atoms with Crippen LogP contribution in [0, 0.1) is 0 Å². The van der Waals surface area contributed by atoms with Crippen molar-refractivity contribution in [2.24, 2.45) is 0 Å². The van der Waals surface area contributed by atoms with Crippen LogP contribution in [-0.2, 0) is 19.1 Å². The van der Waals surface area contributed by atoms with Crippen molar-refractivity contribution in [3.63, 3.8) is 0 Å². The van der Waals surface area contributed by atoms with Crippen LogP contribution in [0.25, 0.3) is 0 Å². The summed E-state index contributed by atoms with van der Waals surface area (Å²) in [5.41, 5.74) is 1.96. The van der Waals surface area contributed by atoms with Crippen molar-refractivity contribution in [1.82, 2.24) is 0 Å². The van der Waals surface area contributed by atoms with E-state index in [9.17, 15) is 14.4 Å². The van der Waals surface area contributed by atoms with Gasteiger partial charge in [-0.3, -0.25) is 4.79 Å². The van der Waals surface area contributed by atoms with Crippen molar-refractivity contribution in [2.45, 2.75) is 25.2 Å². The molecule has 0 aromatic heterocycles. The molecule has 0 aliphatic heterocycles. The normalized spacial score (nSPS) is 12.7. The summed E-state index contributed by atoms with van der Waals surface area (Å²) in [5, 5.41) is 0. The highest BCUT2D eigenvalue weighted by Gasteiger charge is 2.33. The molecule has 0 fully saturated rings. The van der Waals surface area contributed by atoms with Gasteiger partial charge in [0, 0.05) is 12.3 Å². The smallest absolute Gasteiger partial charge is 0.337 e. The average Bonchev–Trinajstić information content (AvgIpc) is 2.67. The van der Waals surface area contributed by atoms with Crippen LogP contribution in [0.2, 0.25) is 0 Å². The molecule has 26 heavy (non-hydrogen) atoms. The summed E-state index contributed by atoms with van der Waals surface area (Å²) < 4.78 is 9.71. The Bertz CT molecular complexity index is 765. The Morgan fingerprint density at radius 3 is 1.96 bits per heavy atom. The molecule has 0 amide bonds. The number of ether oxygens (including phenoxy) is 2. The third-order valence-electron chi connectivity index (χ3n) is 4.28. The van der Waals surface area contributed by atoms with Crippen molar-refractivity contribution in [1.29, 1.82) is 0 Å². The molecule has 0 unspecified atom stereocenters. The van der Waals surface area contributed by atoms with E-state index >= 15 is 0 Å². The summed E-state index contributed by atoms with van der Waals surface area (Å²) in [6, 6.07) is 16.0. The number of Topliss-reactive ketones (excluding diaryl/α,β-unsaturated/α-hetero) is 1. The predicted molar refractivity (Wildman–Crippen MR) is 97.0 cm³/mol. The second-order valence-corrected chi connectivity index (χ2v) is 6.04. The number of hydrogen-bond acceptors (Lipinski definition) is 5. The number of ketones is 1. The summed E-state index contributed by atoms with van der Waals surface area (Å²) in [5.74, 6) is -1.90. The van der Waals surface area contributed by atoms with E-state index in [0.717, 1.165) is 5.56 Å². The first-order valence-corrected chi connectivity index (χ1v) is 8.28. The summed E-state index contributed by atoms with van der Waals surface area (Å²) >= 11 is 0. The Morgan fingerprint density at radius 1 is 0.846 bits per heavy atom. The van der Waals surface area contributed by atoms with Gasteiger partial charge < -0.3 is 14.3 Å². The van der Waals surface area contributed by atoms with Crippen LogP contribution in [0.3, 0.4) is 0 Å². The van der Waals surface area contributed by atoms with Crippen LogP contribution in [0.4, 0.5) is 0 Å². The Hall–Kier alpha value is -2.95. The van der Waals surface area contributed by atoms with Gasteiger partial charge in [-0.05, 0) is 30.2 Å². The predicted octanol–water partition coefficient (Wildman–Crippen LogP) is 3.49. The molecular formula is C21H22O5. The maximum Gasteiger partial charge on any atom is 0.337 e. The van der Waals surface area contributed by atoms with E-state index in [1.165, 1.54) is 21.1 Å². The summed E-state index contributed by atoms with van der Waals surface area (Å²) in [7, 11) is 2.64. The van der Waals surface area contributed by atoms with Crippen LogP contribution in [0.15, 0.2) is 54.6 Å². The van der Waals surface area contributed by atoms with E-state index in [-0.39, 0.29) is 18.1 Å². The lowest BCUT2D eigenvalue weighted by Gasteiger charge is -2.25. The monoisotopic (exact) mass is 354 g/mol. The fraction of sp³-hybridized carbons (Fsp3) is 0.286. The Morgan fingerprint density at radius 2 is 1.46 bits per heavy atom. The zero-order chi connectivity index (χ0) is 19.1. The van der Waals surface area contributed by atoms with Gasteiger partial charge in [-0.2, -0.15) is 0 Å². The lowest BCUT2D eigenvalue weighted by atomic mass is 9.78. The Kier molecular flexibility index (Phi) is 6.67. The van der Waals surface area contributed by atoms with E-state index < -0.39 is 17.9 Å². The van der Waals surface area contributed by atoms with Crippen LogP contribution in [0.5, 0.6) is 0 Å². The first-order chi connectivity index (χ1) is 12.5. The van der Waals surface area contributed by atoms with Gasteiger partial charge in [-0.15, -0.1) is 0 Å². The molecule has 0 aliphatic carbocycles. The van der Waals surface area contributed by atoms with Crippen LogP contribution < -0.4 is 0 Å². The van der Waals surface area contributed by atoms with Gasteiger partial charge in [0.25, 0.3) is 0 Å². The topological polar surface area (TPSA) is 69.7 Å². The van der Waals surface area contributed by atoms with Crippen molar-refractivity contribution in [2.75, 3.05) is 14.2 Å². The number of benzene rings is 2. The Labute approximate surface area is 152 Å². The maximum absolute atomic E-state index is 12.6. The first kappa shape index (κ1) is 19.4. The third kappa shape index (κ3) is 4.57. The van der Waals surface area contributed by atoms with E-state index in [2.05, 4.69) is 0 Å². The molecule has 2 rings (SSSR count). The molecular weight excluding hydrogens is 332 g/mol. The molecule has 0 heterocycles. The molecule has 0 bridgehead atoms. The maximum atomic E-state index is 12.6.